The van der Waals surface area contributed by atoms with Crippen molar-refractivity contribution in [3.05, 3.63) is 70.7 Å². The SMILES string of the molecule is C=C(Nc1ccccc1N1CCCC(CCC)(CCC)C1)/C(=C/C)N=C(C)c1cccs1. The van der Waals surface area contributed by atoms with Gasteiger partial charge < -0.3 is 10.2 Å². The number of hydrogen-bond donors (Lipinski definition) is 1. The molecular formula is C28H39N3S. The largest absolute Gasteiger partial charge is 0.369 e. The number of aliphatic imine (C=N–C) groups is 1. The van der Waals surface area contributed by atoms with Gasteiger partial charge in [-0.1, -0.05) is 57.5 Å². The smallest absolute Gasteiger partial charge is 0.0819 e. The molecular weight excluding hydrogens is 410 g/mol. The van der Waals surface area contributed by atoms with Crippen molar-refractivity contribution in [2.24, 2.45) is 10.4 Å². The van der Waals surface area contributed by atoms with Gasteiger partial charge in [-0.15, -0.1) is 11.3 Å². The molecule has 0 aliphatic carbocycles. The lowest BCUT2D eigenvalue weighted by Crippen LogP contribution is -2.43. The van der Waals surface area contributed by atoms with Gasteiger partial charge in [0.25, 0.3) is 0 Å². The summed E-state index contributed by atoms with van der Waals surface area (Å²) < 4.78 is 0. The van der Waals surface area contributed by atoms with Crippen LogP contribution >= 0.6 is 11.3 Å². The van der Waals surface area contributed by atoms with Crippen molar-refractivity contribution >= 4 is 28.4 Å². The second-order valence-corrected chi connectivity index (χ2v) is 9.94. The summed E-state index contributed by atoms with van der Waals surface area (Å²) in [7, 11) is 0. The van der Waals surface area contributed by atoms with Crippen molar-refractivity contribution in [1.29, 1.82) is 0 Å². The maximum atomic E-state index is 4.86. The quantitative estimate of drug-likeness (QED) is 0.292. The number of benzene rings is 1. The van der Waals surface area contributed by atoms with Gasteiger partial charge in [0.05, 0.1) is 28.5 Å². The second kappa shape index (κ2) is 11.5. The Labute approximate surface area is 199 Å². The van der Waals surface area contributed by atoms with E-state index in [0.29, 0.717) is 5.41 Å². The van der Waals surface area contributed by atoms with Crippen LogP contribution in [0.4, 0.5) is 11.4 Å². The minimum Gasteiger partial charge on any atom is -0.369 e. The third-order valence-electron chi connectivity index (χ3n) is 6.50. The average Bonchev–Trinajstić information content (AvgIpc) is 3.33. The fourth-order valence-electron chi connectivity index (χ4n) is 5.12. The van der Waals surface area contributed by atoms with Crippen LogP contribution in [0.2, 0.25) is 0 Å². The van der Waals surface area contributed by atoms with E-state index in [1.54, 1.807) is 11.3 Å². The van der Waals surface area contributed by atoms with E-state index in [1.807, 2.05) is 13.0 Å². The predicted molar refractivity (Wildman–Crippen MR) is 143 cm³/mol. The first-order valence-electron chi connectivity index (χ1n) is 12.1. The van der Waals surface area contributed by atoms with Crippen LogP contribution < -0.4 is 10.2 Å². The molecule has 2 aromatic rings. The fraction of sp³-hybridized carbons (Fsp3) is 0.464. The molecule has 2 heterocycles. The zero-order chi connectivity index (χ0) is 23.0. The van der Waals surface area contributed by atoms with E-state index in [4.69, 9.17) is 4.99 Å². The number of nitrogens with zero attached hydrogens (tertiary/aromatic N) is 2. The molecule has 0 spiro atoms. The van der Waals surface area contributed by atoms with E-state index in [9.17, 15) is 0 Å². The van der Waals surface area contributed by atoms with Gasteiger partial charge >= 0.3 is 0 Å². The highest BCUT2D eigenvalue weighted by Gasteiger charge is 2.34. The predicted octanol–water partition coefficient (Wildman–Crippen LogP) is 8.27. The van der Waals surface area contributed by atoms with Crippen molar-refractivity contribution < 1.29 is 0 Å². The Bertz CT molecular complexity index is 928. The van der Waals surface area contributed by atoms with E-state index in [1.165, 1.54) is 49.1 Å². The lowest BCUT2D eigenvalue weighted by molar-refractivity contribution is 0.191. The third-order valence-corrected chi connectivity index (χ3v) is 7.48. The summed E-state index contributed by atoms with van der Waals surface area (Å²) in [5.41, 5.74) is 5.58. The summed E-state index contributed by atoms with van der Waals surface area (Å²) in [6.45, 7) is 15.3. The molecule has 1 N–H and O–H groups in total. The molecule has 172 valence electrons. The van der Waals surface area contributed by atoms with Crippen molar-refractivity contribution in [3.8, 4) is 0 Å². The Morgan fingerprint density at radius 2 is 1.94 bits per heavy atom. The monoisotopic (exact) mass is 449 g/mol. The molecule has 1 aromatic carbocycles. The molecule has 1 aliphatic heterocycles. The fourth-order valence-corrected chi connectivity index (χ4v) is 5.79. The lowest BCUT2D eigenvalue weighted by Gasteiger charge is -2.44. The molecule has 0 unspecified atom stereocenters. The van der Waals surface area contributed by atoms with Crippen LogP contribution in [-0.2, 0) is 0 Å². The number of piperidine rings is 1. The van der Waals surface area contributed by atoms with Gasteiger partial charge in [-0.2, -0.15) is 0 Å². The van der Waals surface area contributed by atoms with Crippen molar-refractivity contribution in [1.82, 2.24) is 0 Å². The van der Waals surface area contributed by atoms with Crippen LogP contribution in [0.3, 0.4) is 0 Å². The summed E-state index contributed by atoms with van der Waals surface area (Å²) in [4.78, 5) is 8.65. The first-order valence-corrected chi connectivity index (χ1v) is 13.0. The summed E-state index contributed by atoms with van der Waals surface area (Å²) in [5.74, 6) is 0. The van der Waals surface area contributed by atoms with Crippen LogP contribution in [0.25, 0.3) is 0 Å². The van der Waals surface area contributed by atoms with Crippen LogP contribution in [0.1, 0.15) is 71.1 Å². The number of nitrogens with one attached hydrogen (secondary N) is 1. The van der Waals surface area contributed by atoms with Crippen molar-refractivity contribution in [3.63, 3.8) is 0 Å². The normalized spacial score (nSPS) is 16.8. The Morgan fingerprint density at radius 3 is 2.59 bits per heavy atom. The van der Waals surface area contributed by atoms with E-state index in [2.05, 4.69) is 79.3 Å². The van der Waals surface area contributed by atoms with Gasteiger partial charge in [0.15, 0.2) is 0 Å². The van der Waals surface area contributed by atoms with Gasteiger partial charge in [-0.3, -0.25) is 4.99 Å². The molecule has 0 radical (unpaired) electrons. The van der Waals surface area contributed by atoms with E-state index >= 15 is 0 Å². The summed E-state index contributed by atoms with van der Waals surface area (Å²) in [5, 5.41) is 5.68. The van der Waals surface area contributed by atoms with Crippen LogP contribution in [0.15, 0.2) is 70.8 Å². The molecule has 1 saturated heterocycles. The second-order valence-electron chi connectivity index (χ2n) is 8.99. The number of allylic oxidation sites excluding steroid dienone is 1. The molecule has 1 aromatic heterocycles. The molecule has 1 aliphatic rings. The zero-order valence-electron chi connectivity index (χ0n) is 20.3. The van der Waals surface area contributed by atoms with Gasteiger partial charge in [0.1, 0.15) is 0 Å². The number of anilines is 2. The maximum Gasteiger partial charge on any atom is 0.0819 e. The highest BCUT2D eigenvalue weighted by Crippen LogP contribution is 2.42. The van der Waals surface area contributed by atoms with Crippen molar-refractivity contribution in [2.45, 2.75) is 66.2 Å². The van der Waals surface area contributed by atoms with Crippen LogP contribution in [-0.4, -0.2) is 18.8 Å². The maximum absolute atomic E-state index is 4.86. The molecule has 0 bridgehead atoms. The first-order chi connectivity index (χ1) is 15.5. The molecule has 32 heavy (non-hydrogen) atoms. The molecule has 0 saturated carbocycles. The van der Waals surface area contributed by atoms with Crippen LogP contribution in [0, 0.1) is 5.41 Å². The summed E-state index contributed by atoms with van der Waals surface area (Å²) in [6, 6.07) is 12.8. The number of para-hydroxylation sites is 2. The Morgan fingerprint density at radius 1 is 1.19 bits per heavy atom. The minimum absolute atomic E-state index is 0.447. The highest BCUT2D eigenvalue weighted by molar-refractivity contribution is 7.12. The van der Waals surface area contributed by atoms with Gasteiger partial charge in [-0.05, 0) is 68.5 Å². The van der Waals surface area contributed by atoms with E-state index < -0.39 is 0 Å². The number of hydrogen-bond acceptors (Lipinski definition) is 4. The topological polar surface area (TPSA) is 27.6 Å². The van der Waals surface area contributed by atoms with E-state index in [0.717, 1.165) is 35.9 Å². The number of rotatable bonds is 10. The zero-order valence-corrected chi connectivity index (χ0v) is 21.1. The standard InChI is InChI=1S/C28H39N3S/c1-6-16-28(17-7-2)18-12-19-31(21-28)26-14-10-9-13-25(26)29-22(4)24(8-3)30-23(5)27-15-11-20-32-27/h8-11,13-15,20,29H,4,6-7,12,16-19,21H2,1-3,5H3/b24-8-,30-23?. The first kappa shape index (κ1) is 24.3. The Hall–Kier alpha value is -2.33. The number of thiophene rings is 1. The average molecular weight is 450 g/mol. The molecule has 3 nitrogen and oxygen atoms in total. The molecule has 3 rings (SSSR count). The molecule has 1 fully saturated rings. The summed E-state index contributed by atoms with van der Waals surface area (Å²) >= 11 is 1.71. The van der Waals surface area contributed by atoms with Crippen molar-refractivity contribution in [2.75, 3.05) is 23.3 Å². The Balaban J connectivity index is 1.80. The third kappa shape index (κ3) is 5.92. The highest BCUT2D eigenvalue weighted by atomic mass is 32.1. The molecule has 4 heteroatoms. The molecule has 0 amide bonds. The van der Waals surface area contributed by atoms with Gasteiger partial charge in [0.2, 0.25) is 0 Å². The molecule has 0 atom stereocenters. The van der Waals surface area contributed by atoms with E-state index in [-0.39, 0.29) is 0 Å². The Kier molecular flexibility index (Phi) is 8.75. The minimum atomic E-state index is 0.447. The van der Waals surface area contributed by atoms with Gasteiger partial charge in [-0.25, -0.2) is 0 Å². The van der Waals surface area contributed by atoms with Gasteiger partial charge in [0, 0.05) is 18.0 Å². The van der Waals surface area contributed by atoms with Crippen LogP contribution in [0.5, 0.6) is 0 Å². The lowest BCUT2D eigenvalue weighted by atomic mass is 9.73. The summed E-state index contributed by atoms with van der Waals surface area (Å²) in [6.07, 6.45) is 9.81.